The van der Waals surface area contributed by atoms with Crippen LogP contribution in [0.4, 0.5) is 0 Å². The summed E-state index contributed by atoms with van der Waals surface area (Å²) in [6.07, 6.45) is 3.41. The SMILES string of the molecule is C[C@@H](OCC1CC1)C(=O)NC[C@H]1CCO[C@@H]1C(C)(C)C. The van der Waals surface area contributed by atoms with Crippen molar-refractivity contribution in [1.82, 2.24) is 5.32 Å². The Hall–Kier alpha value is -0.610. The van der Waals surface area contributed by atoms with Crippen LogP contribution in [-0.4, -0.2) is 37.9 Å². The van der Waals surface area contributed by atoms with E-state index in [1.165, 1.54) is 12.8 Å². The number of rotatable bonds is 6. The zero-order valence-electron chi connectivity index (χ0n) is 13.3. The number of amides is 1. The predicted octanol–water partition coefficient (Wildman–Crippen LogP) is 2.37. The molecule has 0 spiro atoms. The molecule has 0 aromatic rings. The molecule has 1 saturated carbocycles. The van der Waals surface area contributed by atoms with E-state index in [-0.39, 0.29) is 23.5 Å². The Morgan fingerprint density at radius 2 is 2.05 bits per heavy atom. The second kappa shape index (κ2) is 6.44. The normalized spacial score (nSPS) is 28.4. The van der Waals surface area contributed by atoms with Crippen LogP contribution in [0.3, 0.4) is 0 Å². The van der Waals surface area contributed by atoms with E-state index in [1.54, 1.807) is 0 Å². The maximum atomic E-state index is 12.0. The predicted molar refractivity (Wildman–Crippen MR) is 78.4 cm³/mol. The van der Waals surface area contributed by atoms with Crippen molar-refractivity contribution in [3.8, 4) is 0 Å². The first-order valence-corrected chi connectivity index (χ1v) is 7.89. The summed E-state index contributed by atoms with van der Waals surface area (Å²) in [6, 6.07) is 0. The third-order valence-corrected chi connectivity index (χ3v) is 4.25. The van der Waals surface area contributed by atoms with E-state index in [0.717, 1.165) is 19.6 Å². The molecule has 4 heteroatoms. The van der Waals surface area contributed by atoms with E-state index in [0.29, 0.717) is 18.4 Å². The lowest BCUT2D eigenvalue weighted by atomic mass is 9.81. The van der Waals surface area contributed by atoms with Crippen molar-refractivity contribution in [2.75, 3.05) is 19.8 Å². The van der Waals surface area contributed by atoms with Crippen molar-refractivity contribution in [1.29, 1.82) is 0 Å². The van der Waals surface area contributed by atoms with Crippen LogP contribution in [0.2, 0.25) is 0 Å². The van der Waals surface area contributed by atoms with Gasteiger partial charge in [-0.2, -0.15) is 0 Å². The van der Waals surface area contributed by atoms with Gasteiger partial charge in [0.1, 0.15) is 6.10 Å². The summed E-state index contributed by atoms with van der Waals surface area (Å²) < 4.78 is 11.4. The van der Waals surface area contributed by atoms with Crippen LogP contribution in [0, 0.1) is 17.3 Å². The monoisotopic (exact) mass is 283 g/mol. The van der Waals surface area contributed by atoms with Crippen molar-refractivity contribution in [3.05, 3.63) is 0 Å². The average molecular weight is 283 g/mol. The molecule has 2 rings (SSSR count). The molecule has 4 nitrogen and oxygen atoms in total. The summed E-state index contributed by atoms with van der Waals surface area (Å²) in [5.74, 6) is 1.11. The van der Waals surface area contributed by atoms with Crippen molar-refractivity contribution in [3.63, 3.8) is 0 Å². The van der Waals surface area contributed by atoms with Gasteiger partial charge < -0.3 is 14.8 Å². The summed E-state index contributed by atoms with van der Waals surface area (Å²) in [5.41, 5.74) is 0.125. The Balaban J connectivity index is 1.71. The Labute approximate surface area is 122 Å². The fraction of sp³-hybridized carbons (Fsp3) is 0.938. The molecule has 0 unspecified atom stereocenters. The first kappa shape index (κ1) is 15.8. The minimum atomic E-state index is -0.342. The minimum Gasteiger partial charge on any atom is -0.377 e. The van der Waals surface area contributed by atoms with E-state index < -0.39 is 0 Å². The molecule has 2 aliphatic rings. The zero-order valence-corrected chi connectivity index (χ0v) is 13.3. The molecule has 1 aliphatic heterocycles. The van der Waals surface area contributed by atoms with Crippen molar-refractivity contribution in [2.24, 2.45) is 17.3 Å². The van der Waals surface area contributed by atoms with Gasteiger partial charge in [-0.05, 0) is 37.5 Å². The third-order valence-electron chi connectivity index (χ3n) is 4.25. The smallest absolute Gasteiger partial charge is 0.248 e. The van der Waals surface area contributed by atoms with Crippen LogP contribution in [-0.2, 0) is 14.3 Å². The maximum Gasteiger partial charge on any atom is 0.248 e. The largest absolute Gasteiger partial charge is 0.377 e. The van der Waals surface area contributed by atoms with Gasteiger partial charge in [-0.15, -0.1) is 0 Å². The molecule has 0 aromatic heterocycles. The van der Waals surface area contributed by atoms with Gasteiger partial charge in [-0.3, -0.25) is 4.79 Å². The molecule has 1 N–H and O–H groups in total. The summed E-state index contributed by atoms with van der Waals surface area (Å²) >= 11 is 0. The number of ether oxygens (including phenoxy) is 2. The van der Waals surface area contributed by atoms with Gasteiger partial charge in [0.05, 0.1) is 12.7 Å². The molecule has 0 aromatic carbocycles. The fourth-order valence-electron chi connectivity index (χ4n) is 2.82. The van der Waals surface area contributed by atoms with Gasteiger partial charge in [0.15, 0.2) is 0 Å². The fourth-order valence-corrected chi connectivity index (χ4v) is 2.82. The molecular formula is C16H29NO3. The van der Waals surface area contributed by atoms with Crippen LogP contribution in [0.15, 0.2) is 0 Å². The van der Waals surface area contributed by atoms with Crippen LogP contribution in [0.25, 0.3) is 0 Å². The van der Waals surface area contributed by atoms with Crippen molar-refractivity contribution < 1.29 is 14.3 Å². The average Bonchev–Trinajstić information content (AvgIpc) is 3.07. The lowest BCUT2D eigenvalue weighted by Gasteiger charge is -2.31. The van der Waals surface area contributed by atoms with Crippen LogP contribution >= 0.6 is 0 Å². The third kappa shape index (κ3) is 4.45. The van der Waals surface area contributed by atoms with Crippen molar-refractivity contribution in [2.45, 2.75) is 59.2 Å². The van der Waals surface area contributed by atoms with Crippen LogP contribution in [0.1, 0.15) is 47.0 Å². The van der Waals surface area contributed by atoms with Gasteiger partial charge in [-0.1, -0.05) is 20.8 Å². The topological polar surface area (TPSA) is 47.6 Å². The Kier molecular flexibility index (Phi) is 5.08. The molecular weight excluding hydrogens is 254 g/mol. The molecule has 2 fully saturated rings. The number of hydrogen-bond donors (Lipinski definition) is 1. The first-order valence-electron chi connectivity index (χ1n) is 7.89. The molecule has 1 aliphatic carbocycles. The zero-order chi connectivity index (χ0) is 14.8. The number of carbonyl (C=O) groups is 1. The lowest BCUT2D eigenvalue weighted by molar-refractivity contribution is -0.132. The molecule has 20 heavy (non-hydrogen) atoms. The minimum absolute atomic E-state index is 0.00482. The van der Waals surface area contributed by atoms with Gasteiger partial charge in [0.25, 0.3) is 0 Å². The molecule has 1 amide bonds. The highest BCUT2D eigenvalue weighted by atomic mass is 16.5. The Morgan fingerprint density at radius 3 is 2.65 bits per heavy atom. The van der Waals surface area contributed by atoms with Crippen molar-refractivity contribution >= 4 is 5.91 Å². The van der Waals surface area contributed by atoms with E-state index >= 15 is 0 Å². The van der Waals surface area contributed by atoms with Gasteiger partial charge >= 0.3 is 0 Å². The van der Waals surface area contributed by atoms with Gasteiger partial charge in [0, 0.05) is 19.1 Å². The highest BCUT2D eigenvalue weighted by Crippen LogP contribution is 2.34. The van der Waals surface area contributed by atoms with E-state index in [2.05, 4.69) is 26.1 Å². The van der Waals surface area contributed by atoms with Crippen LogP contribution in [0.5, 0.6) is 0 Å². The number of hydrogen-bond acceptors (Lipinski definition) is 3. The van der Waals surface area contributed by atoms with E-state index in [1.807, 2.05) is 6.92 Å². The summed E-state index contributed by atoms with van der Waals surface area (Å²) in [6.45, 7) is 10.6. The molecule has 0 radical (unpaired) electrons. The summed E-state index contributed by atoms with van der Waals surface area (Å²) in [7, 11) is 0. The second-order valence-electron chi connectivity index (χ2n) is 7.37. The molecule has 3 atom stereocenters. The summed E-state index contributed by atoms with van der Waals surface area (Å²) in [4.78, 5) is 12.0. The molecule has 1 heterocycles. The number of carbonyl (C=O) groups excluding carboxylic acids is 1. The highest BCUT2D eigenvalue weighted by molar-refractivity contribution is 5.80. The van der Waals surface area contributed by atoms with E-state index in [9.17, 15) is 4.79 Å². The first-order chi connectivity index (χ1) is 9.38. The maximum absolute atomic E-state index is 12.0. The van der Waals surface area contributed by atoms with E-state index in [4.69, 9.17) is 9.47 Å². The molecule has 116 valence electrons. The summed E-state index contributed by atoms with van der Waals surface area (Å²) in [5, 5.41) is 3.03. The van der Waals surface area contributed by atoms with Crippen LogP contribution < -0.4 is 5.32 Å². The Morgan fingerprint density at radius 1 is 1.35 bits per heavy atom. The quantitative estimate of drug-likeness (QED) is 0.814. The lowest BCUT2D eigenvalue weighted by Crippen LogP contribution is -2.42. The highest BCUT2D eigenvalue weighted by Gasteiger charge is 2.37. The number of nitrogens with one attached hydrogen (secondary N) is 1. The molecule has 0 bridgehead atoms. The Bertz CT molecular complexity index is 333. The standard InChI is InChI=1S/C16H29NO3/c1-11(20-10-12-5-6-12)15(18)17-9-13-7-8-19-14(13)16(2,3)4/h11-14H,5-10H2,1-4H3,(H,17,18)/t11-,13-,14+/m1/s1. The van der Waals surface area contributed by atoms with Gasteiger partial charge in [0.2, 0.25) is 5.91 Å². The second-order valence-corrected chi connectivity index (χ2v) is 7.37. The van der Waals surface area contributed by atoms with Gasteiger partial charge in [-0.25, -0.2) is 0 Å². The molecule has 1 saturated heterocycles.